The van der Waals surface area contributed by atoms with Gasteiger partial charge in [0, 0.05) is 5.02 Å². The second kappa shape index (κ2) is 7.09. The quantitative estimate of drug-likeness (QED) is 0.663. The number of hydrogen-bond acceptors (Lipinski definition) is 2. The summed E-state index contributed by atoms with van der Waals surface area (Å²) >= 11 is 6.10. The number of imide groups is 1. The van der Waals surface area contributed by atoms with Crippen LogP contribution in [0.25, 0.3) is 0 Å². The molecule has 3 aromatic rings. The Balaban J connectivity index is 1.79. The Morgan fingerprint density at radius 2 is 1.46 bits per heavy atom. The van der Waals surface area contributed by atoms with E-state index in [2.05, 4.69) is 5.32 Å². The van der Waals surface area contributed by atoms with Crippen LogP contribution in [0.2, 0.25) is 5.02 Å². The van der Waals surface area contributed by atoms with E-state index in [0.717, 1.165) is 11.0 Å². The maximum Gasteiger partial charge on any atom is 0.325 e. The zero-order valence-corrected chi connectivity index (χ0v) is 15.5. The molecular formula is C22H16ClFN2O2. The number of carbonyl (C=O) groups is 2. The molecule has 3 amide bonds. The van der Waals surface area contributed by atoms with Crippen LogP contribution in [-0.2, 0) is 16.9 Å². The fourth-order valence-electron chi connectivity index (χ4n) is 3.47. The van der Waals surface area contributed by atoms with E-state index in [1.165, 1.54) is 12.1 Å². The van der Waals surface area contributed by atoms with Crippen LogP contribution in [0.5, 0.6) is 0 Å². The summed E-state index contributed by atoms with van der Waals surface area (Å²) in [5, 5.41) is 3.04. The summed E-state index contributed by atoms with van der Waals surface area (Å²) in [4.78, 5) is 27.5. The van der Waals surface area contributed by atoms with E-state index in [4.69, 9.17) is 11.6 Å². The summed E-state index contributed by atoms with van der Waals surface area (Å²) in [6.45, 7) is -0.0504. The molecule has 6 heteroatoms. The van der Waals surface area contributed by atoms with Crippen molar-refractivity contribution in [3.05, 3.63) is 106 Å². The lowest BCUT2D eigenvalue weighted by atomic mass is 9.82. The van der Waals surface area contributed by atoms with Gasteiger partial charge in [-0.3, -0.25) is 9.69 Å². The first-order valence-electron chi connectivity index (χ1n) is 8.71. The minimum atomic E-state index is -1.33. The lowest BCUT2D eigenvalue weighted by Crippen LogP contribution is -2.45. The van der Waals surface area contributed by atoms with Gasteiger partial charge in [0.25, 0.3) is 5.91 Å². The van der Waals surface area contributed by atoms with Gasteiger partial charge in [-0.2, -0.15) is 0 Å². The molecule has 1 fully saturated rings. The van der Waals surface area contributed by atoms with Gasteiger partial charge in [-0.1, -0.05) is 78.3 Å². The Bertz CT molecular complexity index is 1000. The molecule has 140 valence electrons. The molecule has 4 nitrogen and oxygen atoms in total. The first kappa shape index (κ1) is 18.2. The molecule has 4 rings (SSSR count). The largest absolute Gasteiger partial charge is 0.325 e. The highest BCUT2D eigenvalue weighted by molar-refractivity contribution is 6.31. The van der Waals surface area contributed by atoms with Crippen LogP contribution in [0, 0.1) is 5.82 Å². The molecule has 0 bridgehead atoms. The number of nitrogens with zero attached hydrogens (tertiary/aromatic N) is 1. The van der Waals surface area contributed by atoms with Crippen LogP contribution < -0.4 is 5.32 Å². The molecule has 0 aromatic heterocycles. The zero-order chi connectivity index (χ0) is 19.7. The number of urea groups is 1. The number of hydrogen-bond donors (Lipinski definition) is 1. The first-order valence-corrected chi connectivity index (χ1v) is 9.09. The molecule has 0 radical (unpaired) electrons. The van der Waals surface area contributed by atoms with Crippen molar-refractivity contribution in [3.8, 4) is 0 Å². The maximum atomic E-state index is 13.5. The van der Waals surface area contributed by atoms with Crippen LogP contribution in [-0.4, -0.2) is 16.8 Å². The molecule has 0 atom stereocenters. The van der Waals surface area contributed by atoms with Crippen LogP contribution in [0.15, 0.2) is 78.9 Å². The van der Waals surface area contributed by atoms with Crippen molar-refractivity contribution in [1.82, 2.24) is 10.2 Å². The third kappa shape index (κ3) is 2.94. The van der Waals surface area contributed by atoms with E-state index in [1.807, 2.05) is 36.4 Å². The smallest absolute Gasteiger partial charge is 0.315 e. The summed E-state index contributed by atoms with van der Waals surface area (Å²) in [6.07, 6.45) is 0. The van der Waals surface area contributed by atoms with E-state index in [0.29, 0.717) is 16.7 Å². The summed E-state index contributed by atoms with van der Waals surface area (Å²) in [6, 6.07) is 21.5. The molecule has 1 aliphatic rings. The van der Waals surface area contributed by atoms with Gasteiger partial charge in [-0.15, -0.1) is 0 Å². The van der Waals surface area contributed by atoms with Gasteiger partial charge in [0.15, 0.2) is 5.54 Å². The van der Waals surface area contributed by atoms with Crippen molar-refractivity contribution in [3.63, 3.8) is 0 Å². The highest BCUT2D eigenvalue weighted by atomic mass is 35.5. The maximum absolute atomic E-state index is 13.5. The molecule has 1 N–H and O–H groups in total. The predicted octanol–water partition coefficient (Wildman–Crippen LogP) is 4.47. The number of benzene rings is 3. The summed E-state index contributed by atoms with van der Waals surface area (Å²) < 4.78 is 13.3. The third-order valence-electron chi connectivity index (χ3n) is 4.86. The van der Waals surface area contributed by atoms with Gasteiger partial charge >= 0.3 is 6.03 Å². The van der Waals surface area contributed by atoms with Gasteiger partial charge in [0.1, 0.15) is 5.82 Å². The molecule has 0 spiro atoms. The number of nitrogens with one attached hydrogen (secondary N) is 1. The topological polar surface area (TPSA) is 49.4 Å². The monoisotopic (exact) mass is 394 g/mol. The lowest BCUT2D eigenvalue weighted by Gasteiger charge is -2.28. The van der Waals surface area contributed by atoms with Crippen molar-refractivity contribution in [2.24, 2.45) is 0 Å². The van der Waals surface area contributed by atoms with Gasteiger partial charge in [-0.05, 0) is 28.8 Å². The van der Waals surface area contributed by atoms with Crippen molar-refractivity contribution in [1.29, 1.82) is 0 Å². The van der Waals surface area contributed by atoms with Gasteiger partial charge in [-0.25, -0.2) is 9.18 Å². The Labute approximate surface area is 166 Å². The number of amides is 3. The SMILES string of the molecule is O=C1NC(c2ccccc2)(c2ccccc2)C(=O)N1Cc1ccc(F)cc1Cl. The minimum absolute atomic E-state index is 0.0504. The average Bonchev–Trinajstić information content (AvgIpc) is 2.97. The Morgan fingerprint density at radius 1 is 0.893 bits per heavy atom. The molecule has 28 heavy (non-hydrogen) atoms. The van der Waals surface area contributed by atoms with Crippen LogP contribution in [0.3, 0.4) is 0 Å². The summed E-state index contributed by atoms with van der Waals surface area (Å²) in [5.41, 5.74) is 0.481. The van der Waals surface area contributed by atoms with E-state index < -0.39 is 23.3 Å². The molecule has 1 aliphatic heterocycles. The summed E-state index contributed by atoms with van der Waals surface area (Å²) in [5.74, 6) is -0.885. The lowest BCUT2D eigenvalue weighted by molar-refractivity contribution is -0.130. The molecule has 1 heterocycles. The zero-order valence-electron chi connectivity index (χ0n) is 14.7. The van der Waals surface area contributed by atoms with Crippen molar-refractivity contribution >= 4 is 23.5 Å². The van der Waals surface area contributed by atoms with E-state index in [1.54, 1.807) is 24.3 Å². The molecule has 1 saturated heterocycles. The van der Waals surface area contributed by atoms with E-state index >= 15 is 0 Å². The van der Waals surface area contributed by atoms with Crippen molar-refractivity contribution < 1.29 is 14.0 Å². The highest BCUT2D eigenvalue weighted by Gasteiger charge is 2.53. The number of rotatable bonds is 4. The van der Waals surface area contributed by atoms with Gasteiger partial charge in [0.2, 0.25) is 0 Å². The normalized spacial score (nSPS) is 15.6. The minimum Gasteiger partial charge on any atom is -0.315 e. The van der Waals surface area contributed by atoms with Crippen LogP contribution in [0.1, 0.15) is 16.7 Å². The molecule has 0 saturated carbocycles. The highest BCUT2D eigenvalue weighted by Crippen LogP contribution is 2.37. The van der Waals surface area contributed by atoms with Crippen molar-refractivity contribution in [2.45, 2.75) is 12.1 Å². The van der Waals surface area contributed by atoms with Crippen LogP contribution >= 0.6 is 11.6 Å². The Morgan fingerprint density at radius 3 is 2.00 bits per heavy atom. The number of carbonyl (C=O) groups excluding carboxylic acids is 2. The summed E-state index contributed by atoms with van der Waals surface area (Å²) in [7, 11) is 0. The van der Waals surface area contributed by atoms with Crippen LogP contribution in [0.4, 0.5) is 9.18 Å². The number of halogens is 2. The van der Waals surface area contributed by atoms with E-state index in [9.17, 15) is 14.0 Å². The standard InChI is InChI=1S/C22H16ClFN2O2/c23-19-13-18(24)12-11-15(19)14-26-20(27)22(25-21(26)28,16-7-3-1-4-8-16)17-9-5-2-6-10-17/h1-13H,14H2,(H,25,28). The fraction of sp³-hybridized carbons (Fsp3) is 0.0909. The average molecular weight is 395 g/mol. The fourth-order valence-corrected chi connectivity index (χ4v) is 3.70. The molecule has 0 aliphatic carbocycles. The molecule has 0 unspecified atom stereocenters. The van der Waals surface area contributed by atoms with Gasteiger partial charge < -0.3 is 5.32 Å². The second-order valence-corrected chi connectivity index (χ2v) is 6.95. The third-order valence-corrected chi connectivity index (χ3v) is 5.21. The first-order chi connectivity index (χ1) is 13.5. The van der Waals surface area contributed by atoms with E-state index in [-0.39, 0.29) is 11.6 Å². The predicted molar refractivity (Wildman–Crippen MR) is 104 cm³/mol. The van der Waals surface area contributed by atoms with Crippen molar-refractivity contribution in [2.75, 3.05) is 0 Å². The Kier molecular flexibility index (Phi) is 4.61. The second-order valence-electron chi connectivity index (χ2n) is 6.54. The van der Waals surface area contributed by atoms with Gasteiger partial charge in [0.05, 0.1) is 6.54 Å². The Hall–Kier alpha value is -3.18. The molecular weight excluding hydrogens is 379 g/mol. The molecule has 3 aromatic carbocycles.